The fraction of sp³-hybridized carbons (Fsp3) is 0.500. The highest BCUT2D eigenvalue weighted by Crippen LogP contribution is 2.32. The minimum absolute atomic E-state index is 0.375. The van der Waals surface area contributed by atoms with Gasteiger partial charge in [0.2, 0.25) is 0 Å². The number of carbonyl (C=O) groups excluding carboxylic acids is 1. The van der Waals surface area contributed by atoms with Gasteiger partial charge in [0.25, 0.3) is 0 Å². The van der Waals surface area contributed by atoms with E-state index in [-0.39, 0.29) is 0 Å². The molecule has 1 aromatic carbocycles. The molecule has 1 aliphatic rings. The Morgan fingerprint density at radius 1 is 1.33 bits per heavy atom. The van der Waals surface area contributed by atoms with E-state index in [2.05, 4.69) is 4.90 Å². The molecule has 0 atom stereocenters. The number of ether oxygens (including phenoxy) is 1. The minimum atomic E-state index is 0.375. The maximum atomic E-state index is 11.3. The van der Waals surface area contributed by atoms with Gasteiger partial charge in [-0.3, -0.25) is 4.79 Å². The van der Waals surface area contributed by atoms with E-state index in [4.69, 9.17) is 16.3 Å². The Kier molecular flexibility index (Phi) is 4.12. The number of Topliss-reactive ketones (excluding diaryl/α,β-unsaturated/α-hetero) is 1. The van der Waals surface area contributed by atoms with Crippen molar-refractivity contribution in [2.24, 2.45) is 0 Å². The van der Waals surface area contributed by atoms with Gasteiger partial charge in [-0.05, 0) is 25.0 Å². The second kappa shape index (κ2) is 5.61. The van der Waals surface area contributed by atoms with E-state index in [9.17, 15) is 4.79 Å². The van der Waals surface area contributed by atoms with Crippen molar-refractivity contribution in [2.75, 3.05) is 19.1 Å². The van der Waals surface area contributed by atoms with Gasteiger partial charge in [0.1, 0.15) is 11.5 Å². The van der Waals surface area contributed by atoms with Crippen LogP contribution in [-0.4, -0.2) is 26.0 Å². The Morgan fingerprint density at radius 3 is 2.56 bits per heavy atom. The Bertz CT molecular complexity index is 437. The Hall–Kier alpha value is -1.22. The Morgan fingerprint density at radius 2 is 2.00 bits per heavy atom. The number of halogens is 1. The van der Waals surface area contributed by atoms with Crippen LogP contribution in [0.3, 0.4) is 0 Å². The number of nitrogens with zero attached hydrogens (tertiary/aromatic N) is 1. The van der Waals surface area contributed by atoms with Gasteiger partial charge in [0.05, 0.1) is 17.8 Å². The van der Waals surface area contributed by atoms with Crippen molar-refractivity contribution in [2.45, 2.75) is 31.7 Å². The van der Waals surface area contributed by atoms with Crippen molar-refractivity contribution < 1.29 is 9.53 Å². The fourth-order valence-corrected chi connectivity index (χ4v) is 2.71. The summed E-state index contributed by atoms with van der Waals surface area (Å²) < 4.78 is 5.14. The van der Waals surface area contributed by atoms with Crippen molar-refractivity contribution in [3.05, 3.63) is 23.2 Å². The molecule has 2 rings (SSSR count). The van der Waals surface area contributed by atoms with Crippen LogP contribution in [0.5, 0.6) is 5.75 Å². The first-order valence-electron chi connectivity index (χ1n) is 6.20. The van der Waals surface area contributed by atoms with E-state index in [1.807, 2.05) is 25.2 Å². The average Bonchev–Trinajstić information content (AvgIpc) is 2.38. The molecular weight excluding hydrogens is 250 g/mol. The molecule has 0 unspecified atom stereocenters. The zero-order valence-electron chi connectivity index (χ0n) is 10.8. The van der Waals surface area contributed by atoms with Gasteiger partial charge < -0.3 is 9.64 Å². The van der Waals surface area contributed by atoms with Crippen LogP contribution in [0.15, 0.2) is 18.2 Å². The number of ketones is 1. The average molecular weight is 268 g/mol. The smallest absolute Gasteiger partial charge is 0.133 e. The maximum absolute atomic E-state index is 11.3. The lowest BCUT2D eigenvalue weighted by Gasteiger charge is -2.33. The SMILES string of the molecule is COc1ccc(N(C)C2CCC(=O)CC2)c(Cl)c1. The number of hydrogen-bond acceptors (Lipinski definition) is 3. The predicted octanol–water partition coefficient (Wildman–Crippen LogP) is 3.30. The molecule has 0 saturated heterocycles. The zero-order valence-corrected chi connectivity index (χ0v) is 11.5. The monoisotopic (exact) mass is 267 g/mol. The molecule has 0 radical (unpaired) electrons. The third-order valence-electron chi connectivity index (χ3n) is 3.60. The van der Waals surface area contributed by atoms with E-state index in [1.54, 1.807) is 7.11 Å². The van der Waals surface area contributed by atoms with E-state index < -0.39 is 0 Å². The van der Waals surface area contributed by atoms with Gasteiger partial charge in [-0.25, -0.2) is 0 Å². The molecule has 0 bridgehead atoms. The summed E-state index contributed by atoms with van der Waals surface area (Å²) in [6.07, 6.45) is 3.20. The highest BCUT2D eigenvalue weighted by atomic mass is 35.5. The van der Waals surface area contributed by atoms with Crippen molar-refractivity contribution in [3.63, 3.8) is 0 Å². The zero-order chi connectivity index (χ0) is 13.1. The largest absolute Gasteiger partial charge is 0.497 e. The molecule has 0 heterocycles. The van der Waals surface area contributed by atoms with Crippen LogP contribution >= 0.6 is 11.6 Å². The molecule has 4 heteroatoms. The summed E-state index contributed by atoms with van der Waals surface area (Å²) in [7, 11) is 3.66. The van der Waals surface area contributed by atoms with Crippen molar-refractivity contribution in [3.8, 4) is 5.75 Å². The normalized spacial score (nSPS) is 16.7. The Balaban J connectivity index is 2.13. The topological polar surface area (TPSA) is 29.5 Å². The van der Waals surface area contributed by atoms with Crippen LogP contribution in [0.4, 0.5) is 5.69 Å². The molecule has 1 aliphatic carbocycles. The van der Waals surface area contributed by atoms with Crippen molar-refractivity contribution >= 4 is 23.1 Å². The third-order valence-corrected chi connectivity index (χ3v) is 3.90. The van der Waals surface area contributed by atoms with Gasteiger partial charge in [0.15, 0.2) is 0 Å². The summed E-state index contributed by atoms with van der Waals surface area (Å²) in [5.74, 6) is 1.14. The first-order valence-corrected chi connectivity index (χ1v) is 6.57. The highest BCUT2D eigenvalue weighted by molar-refractivity contribution is 6.33. The van der Waals surface area contributed by atoms with Crippen molar-refractivity contribution in [1.82, 2.24) is 0 Å². The fourth-order valence-electron chi connectivity index (χ4n) is 2.41. The lowest BCUT2D eigenvalue weighted by atomic mass is 9.93. The molecule has 1 saturated carbocycles. The molecule has 3 nitrogen and oxygen atoms in total. The van der Waals surface area contributed by atoms with E-state index in [1.165, 1.54) is 0 Å². The van der Waals surface area contributed by atoms with Crippen LogP contribution in [0.2, 0.25) is 5.02 Å². The van der Waals surface area contributed by atoms with Gasteiger partial charge in [-0.15, -0.1) is 0 Å². The molecule has 0 N–H and O–H groups in total. The van der Waals surface area contributed by atoms with E-state index >= 15 is 0 Å². The molecule has 0 aliphatic heterocycles. The van der Waals surface area contributed by atoms with Gasteiger partial charge in [-0.1, -0.05) is 11.6 Å². The molecule has 1 aromatic rings. The number of methoxy groups -OCH3 is 1. The summed E-state index contributed by atoms with van der Waals surface area (Å²) in [4.78, 5) is 13.4. The number of benzene rings is 1. The first kappa shape index (κ1) is 13.2. The summed E-state index contributed by atoms with van der Waals surface area (Å²) in [6, 6.07) is 6.10. The first-order chi connectivity index (χ1) is 8.61. The molecular formula is C14H18ClNO2. The van der Waals surface area contributed by atoms with Gasteiger partial charge in [-0.2, -0.15) is 0 Å². The van der Waals surface area contributed by atoms with Crippen LogP contribution in [0.25, 0.3) is 0 Å². The van der Waals surface area contributed by atoms with Crippen LogP contribution < -0.4 is 9.64 Å². The number of anilines is 1. The van der Waals surface area contributed by atoms with Gasteiger partial charge >= 0.3 is 0 Å². The lowest BCUT2D eigenvalue weighted by molar-refractivity contribution is -0.120. The molecule has 0 spiro atoms. The summed E-state index contributed by atoms with van der Waals surface area (Å²) in [5, 5.41) is 0.689. The minimum Gasteiger partial charge on any atom is -0.497 e. The molecule has 18 heavy (non-hydrogen) atoms. The summed E-state index contributed by atoms with van der Waals surface area (Å²) in [6.45, 7) is 0. The van der Waals surface area contributed by atoms with E-state index in [0.717, 1.165) is 24.3 Å². The Labute approximate surface area is 113 Å². The summed E-state index contributed by atoms with van der Waals surface area (Å²) in [5.41, 5.74) is 0.997. The number of rotatable bonds is 3. The second-order valence-corrected chi connectivity index (χ2v) is 5.11. The van der Waals surface area contributed by atoms with Crippen LogP contribution in [-0.2, 0) is 4.79 Å². The second-order valence-electron chi connectivity index (χ2n) is 4.70. The molecule has 1 fully saturated rings. The number of hydrogen-bond donors (Lipinski definition) is 0. The molecule has 0 aromatic heterocycles. The summed E-state index contributed by atoms with van der Waals surface area (Å²) >= 11 is 6.26. The third kappa shape index (κ3) is 2.78. The van der Waals surface area contributed by atoms with Crippen molar-refractivity contribution in [1.29, 1.82) is 0 Å². The molecule has 0 amide bonds. The van der Waals surface area contributed by atoms with Crippen LogP contribution in [0, 0.1) is 0 Å². The maximum Gasteiger partial charge on any atom is 0.133 e. The standard InChI is InChI=1S/C14H18ClNO2/c1-16(10-3-5-11(17)6-4-10)14-8-7-12(18-2)9-13(14)15/h7-10H,3-6H2,1-2H3. The quantitative estimate of drug-likeness (QED) is 0.842. The van der Waals surface area contributed by atoms with E-state index in [0.29, 0.717) is 29.7 Å². The molecule has 98 valence electrons. The van der Waals surface area contributed by atoms with Crippen LogP contribution in [0.1, 0.15) is 25.7 Å². The van der Waals surface area contributed by atoms with Gasteiger partial charge in [0, 0.05) is 32.0 Å². The lowest BCUT2D eigenvalue weighted by Crippen LogP contribution is -2.35. The predicted molar refractivity (Wildman–Crippen MR) is 73.7 cm³/mol. The highest BCUT2D eigenvalue weighted by Gasteiger charge is 2.23. The number of carbonyl (C=O) groups is 1.